The Balaban J connectivity index is 2.54. The number of hydrogen-bond acceptors (Lipinski definition) is 4. The maximum Gasteiger partial charge on any atom is 0.410 e. The van der Waals surface area contributed by atoms with Gasteiger partial charge in [-0.3, -0.25) is 9.20 Å². The molecule has 1 amide bonds. The molecule has 0 saturated heterocycles. The molecular weight excluding hydrogens is 364 g/mol. The van der Waals surface area contributed by atoms with Crippen molar-refractivity contribution in [2.24, 2.45) is 4.99 Å². The van der Waals surface area contributed by atoms with Crippen LogP contribution in [0.2, 0.25) is 0 Å². The fraction of sp³-hybridized carbons (Fsp3) is 0.895. The minimum atomic E-state index is -0.736. The number of guanidine groups is 1. The third-order valence-corrected chi connectivity index (χ3v) is 6.12. The van der Waals surface area contributed by atoms with Crippen LogP contribution in [0.4, 0.5) is 4.79 Å². The third kappa shape index (κ3) is 9.44. The van der Waals surface area contributed by atoms with E-state index in [1.807, 2.05) is 34.6 Å². The van der Waals surface area contributed by atoms with Gasteiger partial charge in [-0.2, -0.15) is 0 Å². The lowest BCUT2D eigenvalue weighted by Crippen LogP contribution is -2.47. The van der Waals surface area contributed by atoms with Crippen LogP contribution in [-0.4, -0.2) is 70.5 Å². The van der Waals surface area contributed by atoms with E-state index in [4.69, 9.17) is 4.74 Å². The maximum atomic E-state index is 12.1. The molecule has 3 unspecified atom stereocenters. The van der Waals surface area contributed by atoms with E-state index in [0.717, 1.165) is 43.9 Å². The Labute approximate surface area is 167 Å². The Morgan fingerprint density at radius 2 is 2.00 bits per heavy atom. The summed E-state index contributed by atoms with van der Waals surface area (Å²) in [6.07, 6.45) is 3.79. The second-order valence-corrected chi connectivity index (χ2v) is 9.97. The summed E-state index contributed by atoms with van der Waals surface area (Å²) in [5, 5.41) is 7.01. The first-order chi connectivity index (χ1) is 12.7. The van der Waals surface area contributed by atoms with E-state index in [1.54, 1.807) is 11.9 Å². The average Bonchev–Trinajstić information content (AvgIpc) is 2.59. The summed E-state index contributed by atoms with van der Waals surface area (Å²) in [5.41, 5.74) is -0.499. The molecule has 2 N–H and O–H groups in total. The summed E-state index contributed by atoms with van der Waals surface area (Å²) in [7, 11) is 0.982. The van der Waals surface area contributed by atoms with Crippen molar-refractivity contribution < 1.29 is 13.7 Å². The summed E-state index contributed by atoms with van der Waals surface area (Å²) in [4.78, 5) is 18.1. The quantitative estimate of drug-likeness (QED) is 0.505. The lowest BCUT2D eigenvalue weighted by molar-refractivity contribution is 0.0304. The van der Waals surface area contributed by atoms with Crippen molar-refractivity contribution in [3.05, 3.63) is 0 Å². The van der Waals surface area contributed by atoms with Gasteiger partial charge >= 0.3 is 6.09 Å². The predicted octanol–water partition coefficient (Wildman–Crippen LogP) is 2.49. The Bertz CT molecular complexity index is 520. The molecule has 0 bridgehead atoms. The van der Waals surface area contributed by atoms with Crippen LogP contribution in [-0.2, 0) is 15.5 Å². The Morgan fingerprint density at radius 1 is 1.30 bits per heavy atom. The number of likely N-dealkylation sites (N-methyl/N-ethyl adjacent to an activating group) is 1. The van der Waals surface area contributed by atoms with Gasteiger partial charge < -0.3 is 20.3 Å². The second-order valence-electron chi connectivity index (χ2n) is 7.96. The van der Waals surface area contributed by atoms with E-state index in [-0.39, 0.29) is 11.3 Å². The number of nitrogens with zero attached hydrogens (tertiary/aromatic N) is 2. The number of carbonyl (C=O) groups is 1. The van der Waals surface area contributed by atoms with Crippen molar-refractivity contribution in [1.82, 2.24) is 15.5 Å². The van der Waals surface area contributed by atoms with Crippen LogP contribution in [0.15, 0.2) is 4.99 Å². The summed E-state index contributed by atoms with van der Waals surface area (Å²) < 4.78 is 17.5. The van der Waals surface area contributed by atoms with Crippen molar-refractivity contribution in [3.63, 3.8) is 0 Å². The molecule has 1 saturated carbocycles. The summed E-state index contributed by atoms with van der Waals surface area (Å²) in [5.74, 6) is 1.48. The molecule has 0 radical (unpaired) electrons. The topological polar surface area (TPSA) is 83.0 Å². The van der Waals surface area contributed by atoms with Gasteiger partial charge in [0.1, 0.15) is 5.60 Å². The fourth-order valence-corrected chi connectivity index (χ4v) is 4.35. The standard InChI is InChI=1S/C19H38N4O3S/c1-7-20-17(21-12-13-23(6)18(24)26-19(3,4)5)22-15-10-9-11-16(14-15)27(25)8-2/h15-16H,7-14H2,1-6H3,(H2,20,21,22). The van der Waals surface area contributed by atoms with Crippen LogP contribution < -0.4 is 10.6 Å². The van der Waals surface area contributed by atoms with Gasteiger partial charge in [0.15, 0.2) is 5.96 Å². The van der Waals surface area contributed by atoms with Crippen molar-refractivity contribution in [2.45, 2.75) is 77.2 Å². The van der Waals surface area contributed by atoms with Crippen molar-refractivity contribution in [3.8, 4) is 0 Å². The fourth-order valence-electron chi connectivity index (χ4n) is 3.01. The Hall–Kier alpha value is -1.31. The van der Waals surface area contributed by atoms with Crippen LogP contribution >= 0.6 is 0 Å². The van der Waals surface area contributed by atoms with Crippen LogP contribution in [0.25, 0.3) is 0 Å². The SMILES string of the molecule is CCNC(=NCCN(C)C(=O)OC(C)(C)C)NC1CCCC(S(=O)CC)C1. The molecule has 0 aliphatic heterocycles. The van der Waals surface area contributed by atoms with Crippen molar-refractivity contribution in [2.75, 3.05) is 32.4 Å². The lowest BCUT2D eigenvalue weighted by atomic mass is 9.95. The minimum Gasteiger partial charge on any atom is -0.444 e. The van der Waals surface area contributed by atoms with E-state index < -0.39 is 16.4 Å². The number of aliphatic imine (C=N–C) groups is 1. The van der Waals surface area contributed by atoms with E-state index in [2.05, 4.69) is 15.6 Å². The van der Waals surface area contributed by atoms with E-state index >= 15 is 0 Å². The van der Waals surface area contributed by atoms with Crippen LogP contribution in [0.5, 0.6) is 0 Å². The van der Waals surface area contributed by atoms with Gasteiger partial charge in [0, 0.05) is 48.0 Å². The monoisotopic (exact) mass is 402 g/mol. The molecular formula is C19H38N4O3S. The van der Waals surface area contributed by atoms with Gasteiger partial charge in [0.25, 0.3) is 0 Å². The molecule has 0 spiro atoms. The molecule has 1 aliphatic carbocycles. The van der Waals surface area contributed by atoms with Gasteiger partial charge in [0.05, 0.1) is 6.54 Å². The molecule has 158 valence electrons. The van der Waals surface area contributed by atoms with Crippen LogP contribution in [0, 0.1) is 0 Å². The normalized spacial score (nSPS) is 22.1. The summed E-state index contributed by atoms with van der Waals surface area (Å²) >= 11 is 0. The molecule has 8 heteroatoms. The lowest BCUT2D eigenvalue weighted by Gasteiger charge is -2.30. The van der Waals surface area contributed by atoms with Crippen molar-refractivity contribution in [1.29, 1.82) is 0 Å². The number of hydrogen-bond donors (Lipinski definition) is 2. The molecule has 1 fully saturated rings. The van der Waals surface area contributed by atoms with Gasteiger partial charge in [-0.1, -0.05) is 13.3 Å². The highest BCUT2D eigenvalue weighted by Gasteiger charge is 2.26. The zero-order valence-corrected chi connectivity index (χ0v) is 18.7. The molecule has 27 heavy (non-hydrogen) atoms. The van der Waals surface area contributed by atoms with Crippen molar-refractivity contribution >= 4 is 22.9 Å². The summed E-state index contributed by atoms with van der Waals surface area (Å²) in [6, 6.07) is 0.292. The first-order valence-electron chi connectivity index (χ1n) is 10.0. The molecule has 1 rings (SSSR count). The highest BCUT2D eigenvalue weighted by molar-refractivity contribution is 7.85. The Kier molecular flexibility index (Phi) is 10.1. The number of amides is 1. The zero-order chi connectivity index (χ0) is 20.4. The van der Waals surface area contributed by atoms with E-state index in [1.165, 1.54) is 0 Å². The Morgan fingerprint density at radius 3 is 2.59 bits per heavy atom. The number of ether oxygens (including phenoxy) is 1. The van der Waals surface area contributed by atoms with Gasteiger partial charge in [-0.05, 0) is 47.0 Å². The molecule has 0 heterocycles. The van der Waals surface area contributed by atoms with Gasteiger partial charge in [-0.25, -0.2) is 4.79 Å². The van der Waals surface area contributed by atoms with Gasteiger partial charge in [0.2, 0.25) is 0 Å². The number of carbonyl (C=O) groups excluding carboxylic acids is 1. The highest BCUT2D eigenvalue weighted by Crippen LogP contribution is 2.23. The molecule has 7 nitrogen and oxygen atoms in total. The van der Waals surface area contributed by atoms with Gasteiger partial charge in [-0.15, -0.1) is 0 Å². The second kappa shape index (κ2) is 11.5. The maximum absolute atomic E-state index is 12.1. The minimum absolute atomic E-state index is 0.280. The molecule has 1 aliphatic rings. The first-order valence-corrected chi connectivity index (χ1v) is 11.4. The smallest absolute Gasteiger partial charge is 0.410 e. The molecule has 3 atom stereocenters. The molecule has 0 aromatic heterocycles. The van der Waals surface area contributed by atoms with Crippen LogP contribution in [0.3, 0.4) is 0 Å². The number of nitrogens with one attached hydrogen (secondary N) is 2. The van der Waals surface area contributed by atoms with Crippen LogP contribution in [0.1, 0.15) is 60.3 Å². The van der Waals surface area contributed by atoms with E-state index in [0.29, 0.717) is 19.1 Å². The molecule has 0 aromatic rings. The number of rotatable bonds is 7. The van der Waals surface area contributed by atoms with E-state index in [9.17, 15) is 9.00 Å². The average molecular weight is 403 g/mol. The highest BCUT2D eigenvalue weighted by atomic mass is 32.2. The predicted molar refractivity (Wildman–Crippen MR) is 113 cm³/mol. The zero-order valence-electron chi connectivity index (χ0n) is 17.8. The first kappa shape index (κ1) is 23.7. The molecule has 0 aromatic carbocycles. The largest absolute Gasteiger partial charge is 0.444 e. The third-order valence-electron chi connectivity index (χ3n) is 4.38. The summed E-state index contributed by atoms with van der Waals surface area (Å²) in [6.45, 7) is 11.3.